The van der Waals surface area contributed by atoms with Crippen molar-refractivity contribution in [3.8, 4) is 5.75 Å². The third-order valence-electron chi connectivity index (χ3n) is 1.97. The molecule has 0 unspecified atom stereocenters. The molecule has 4 heteroatoms. The molecule has 1 aromatic heterocycles. The number of fused-ring (bicyclic) bond motifs is 1. The van der Waals surface area contributed by atoms with Crippen LogP contribution in [0.1, 0.15) is 9.67 Å². The summed E-state index contributed by atoms with van der Waals surface area (Å²) in [6.07, 6.45) is 0. The number of hydrogen-bond acceptors (Lipinski definition) is 4. The Morgan fingerprint density at radius 1 is 1.36 bits per heavy atom. The van der Waals surface area contributed by atoms with Gasteiger partial charge in [-0.15, -0.1) is 11.3 Å². The number of carbonyl (C=O) groups is 1. The Labute approximate surface area is 84.2 Å². The van der Waals surface area contributed by atoms with Crippen LogP contribution >= 0.6 is 11.3 Å². The molecule has 2 N–H and O–H groups in total. The Kier molecular flexibility index (Phi) is 2.23. The van der Waals surface area contributed by atoms with Crippen molar-refractivity contribution in [1.82, 2.24) is 0 Å². The van der Waals surface area contributed by atoms with Gasteiger partial charge in [-0.3, -0.25) is 4.79 Å². The highest BCUT2D eigenvalue weighted by Gasteiger charge is 2.16. The first-order chi connectivity index (χ1) is 6.74. The van der Waals surface area contributed by atoms with Gasteiger partial charge in [0.1, 0.15) is 17.2 Å². The molecule has 0 aliphatic rings. The maximum atomic E-state index is 11.2. The summed E-state index contributed by atoms with van der Waals surface area (Å²) in [4.78, 5) is 11.4. The van der Waals surface area contributed by atoms with Crippen molar-refractivity contribution in [3.05, 3.63) is 29.1 Å². The smallest absolute Gasteiger partial charge is 0.201 e. The second-order valence-corrected chi connectivity index (χ2v) is 3.91. The lowest BCUT2D eigenvalue weighted by Crippen LogP contribution is -2.01. The maximum Gasteiger partial charge on any atom is 0.201 e. The van der Waals surface area contributed by atoms with Crippen molar-refractivity contribution in [2.75, 3.05) is 6.61 Å². The number of benzene rings is 1. The lowest BCUT2D eigenvalue weighted by molar-refractivity contribution is 0.0905. The summed E-state index contributed by atoms with van der Waals surface area (Å²) in [7, 11) is 0. The SMILES string of the molecule is O=C(CO)c1sc2ccccc2c1O. The molecule has 72 valence electrons. The largest absolute Gasteiger partial charge is 0.506 e. The van der Waals surface area contributed by atoms with E-state index in [1.165, 1.54) is 11.3 Å². The zero-order valence-corrected chi connectivity index (χ0v) is 8.04. The summed E-state index contributed by atoms with van der Waals surface area (Å²) in [5, 5.41) is 19.0. The summed E-state index contributed by atoms with van der Waals surface area (Å²) in [6, 6.07) is 7.21. The van der Waals surface area contributed by atoms with Crippen molar-refractivity contribution >= 4 is 27.2 Å². The van der Waals surface area contributed by atoms with Gasteiger partial charge in [-0.1, -0.05) is 12.1 Å². The molecular weight excluding hydrogens is 200 g/mol. The third kappa shape index (κ3) is 1.29. The van der Waals surface area contributed by atoms with Gasteiger partial charge in [0.15, 0.2) is 0 Å². The molecule has 0 radical (unpaired) electrons. The van der Waals surface area contributed by atoms with E-state index in [0.717, 1.165) is 4.70 Å². The maximum absolute atomic E-state index is 11.2. The van der Waals surface area contributed by atoms with Gasteiger partial charge in [-0.2, -0.15) is 0 Å². The normalized spacial score (nSPS) is 10.6. The monoisotopic (exact) mass is 208 g/mol. The van der Waals surface area contributed by atoms with Crippen molar-refractivity contribution in [1.29, 1.82) is 0 Å². The fraction of sp³-hybridized carbons (Fsp3) is 0.100. The zero-order chi connectivity index (χ0) is 10.1. The number of carbonyl (C=O) groups excluding carboxylic acids is 1. The Morgan fingerprint density at radius 2 is 2.07 bits per heavy atom. The zero-order valence-electron chi connectivity index (χ0n) is 7.23. The van der Waals surface area contributed by atoms with Gasteiger partial charge in [0.2, 0.25) is 5.78 Å². The van der Waals surface area contributed by atoms with E-state index in [0.29, 0.717) is 5.39 Å². The molecule has 0 saturated carbocycles. The van der Waals surface area contributed by atoms with Crippen LogP contribution in [0.4, 0.5) is 0 Å². The van der Waals surface area contributed by atoms with Crippen LogP contribution in [0.2, 0.25) is 0 Å². The minimum atomic E-state index is -0.569. The average molecular weight is 208 g/mol. The second kappa shape index (κ2) is 3.40. The third-order valence-corrected chi connectivity index (χ3v) is 3.17. The molecule has 3 nitrogen and oxygen atoms in total. The number of rotatable bonds is 2. The van der Waals surface area contributed by atoms with E-state index in [1.54, 1.807) is 12.1 Å². The molecule has 2 rings (SSSR count). The van der Waals surface area contributed by atoms with E-state index >= 15 is 0 Å². The standard InChI is InChI=1S/C10H8O3S/c11-5-7(12)10-9(13)6-3-1-2-4-8(6)14-10/h1-4,11,13H,5H2. The molecule has 0 bridgehead atoms. The fourth-order valence-corrected chi connectivity index (χ4v) is 2.32. The van der Waals surface area contributed by atoms with Crippen LogP contribution in [0, 0.1) is 0 Å². The van der Waals surface area contributed by atoms with Crippen molar-refractivity contribution < 1.29 is 15.0 Å². The first-order valence-corrected chi connectivity index (χ1v) is 4.90. The molecule has 0 saturated heterocycles. The molecule has 0 aliphatic carbocycles. The molecule has 1 aromatic carbocycles. The van der Waals surface area contributed by atoms with Crippen LogP contribution in [-0.4, -0.2) is 22.6 Å². The van der Waals surface area contributed by atoms with Gasteiger partial charge in [0.05, 0.1) is 0 Å². The molecular formula is C10H8O3S. The number of aliphatic hydroxyl groups excluding tert-OH is 1. The van der Waals surface area contributed by atoms with E-state index in [1.807, 2.05) is 12.1 Å². The van der Waals surface area contributed by atoms with Gasteiger partial charge in [-0.05, 0) is 12.1 Å². The lowest BCUT2D eigenvalue weighted by atomic mass is 10.2. The lowest BCUT2D eigenvalue weighted by Gasteiger charge is -1.92. The van der Waals surface area contributed by atoms with Crippen LogP contribution in [0.25, 0.3) is 10.1 Å². The van der Waals surface area contributed by atoms with E-state index < -0.39 is 12.4 Å². The summed E-state index contributed by atoms with van der Waals surface area (Å²) >= 11 is 1.20. The van der Waals surface area contributed by atoms with Gasteiger partial charge in [0.25, 0.3) is 0 Å². The van der Waals surface area contributed by atoms with Crippen LogP contribution in [0.3, 0.4) is 0 Å². The number of aliphatic hydroxyl groups is 1. The van der Waals surface area contributed by atoms with Gasteiger partial charge in [-0.25, -0.2) is 0 Å². The Hall–Kier alpha value is -1.39. The summed E-state index contributed by atoms with van der Waals surface area (Å²) in [5.41, 5.74) is 0. The molecule has 14 heavy (non-hydrogen) atoms. The number of Topliss-reactive ketones (excluding diaryl/α,β-unsaturated/α-hetero) is 1. The molecule has 0 amide bonds. The van der Waals surface area contributed by atoms with Crippen LogP contribution in [0.15, 0.2) is 24.3 Å². The first-order valence-electron chi connectivity index (χ1n) is 4.08. The van der Waals surface area contributed by atoms with E-state index in [2.05, 4.69) is 0 Å². The molecule has 2 aromatic rings. The van der Waals surface area contributed by atoms with Crippen molar-refractivity contribution in [2.45, 2.75) is 0 Å². The average Bonchev–Trinajstić information content (AvgIpc) is 2.56. The number of ketones is 1. The molecule has 0 atom stereocenters. The summed E-state index contributed by atoms with van der Waals surface area (Å²) < 4.78 is 0.849. The highest BCUT2D eigenvalue weighted by molar-refractivity contribution is 7.21. The number of hydrogen-bond donors (Lipinski definition) is 2. The molecule has 1 heterocycles. The van der Waals surface area contributed by atoms with Gasteiger partial charge < -0.3 is 10.2 Å². The predicted molar refractivity (Wildman–Crippen MR) is 54.9 cm³/mol. The molecule has 0 spiro atoms. The number of thiophene rings is 1. The predicted octanol–water partition coefficient (Wildman–Crippen LogP) is 1.78. The second-order valence-electron chi connectivity index (χ2n) is 2.86. The van der Waals surface area contributed by atoms with E-state index in [9.17, 15) is 9.90 Å². The highest BCUT2D eigenvalue weighted by Crippen LogP contribution is 2.36. The van der Waals surface area contributed by atoms with E-state index in [4.69, 9.17) is 5.11 Å². The topological polar surface area (TPSA) is 57.5 Å². The number of aromatic hydroxyl groups is 1. The van der Waals surface area contributed by atoms with Crippen LogP contribution in [-0.2, 0) is 0 Å². The minimum Gasteiger partial charge on any atom is -0.506 e. The highest BCUT2D eigenvalue weighted by atomic mass is 32.1. The fourth-order valence-electron chi connectivity index (χ4n) is 1.29. The Morgan fingerprint density at radius 3 is 2.71 bits per heavy atom. The molecule has 0 aliphatic heterocycles. The van der Waals surface area contributed by atoms with Gasteiger partial charge in [0, 0.05) is 10.1 Å². The minimum absolute atomic E-state index is 0.0235. The summed E-state index contributed by atoms with van der Waals surface area (Å²) in [6.45, 7) is -0.569. The van der Waals surface area contributed by atoms with Crippen molar-refractivity contribution in [3.63, 3.8) is 0 Å². The van der Waals surface area contributed by atoms with E-state index in [-0.39, 0.29) is 10.6 Å². The summed E-state index contributed by atoms with van der Waals surface area (Å²) in [5.74, 6) is -0.464. The van der Waals surface area contributed by atoms with Crippen LogP contribution in [0.5, 0.6) is 5.75 Å². The Bertz CT molecular complexity index is 487. The van der Waals surface area contributed by atoms with Crippen LogP contribution < -0.4 is 0 Å². The van der Waals surface area contributed by atoms with Gasteiger partial charge >= 0.3 is 0 Å². The quantitative estimate of drug-likeness (QED) is 0.739. The Balaban J connectivity index is 2.68. The molecule has 0 fully saturated rings. The van der Waals surface area contributed by atoms with Crippen molar-refractivity contribution in [2.24, 2.45) is 0 Å². The first kappa shape index (κ1) is 9.18.